The summed E-state index contributed by atoms with van der Waals surface area (Å²) in [4.78, 5) is 26.7. The second kappa shape index (κ2) is 6.47. The molecule has 2 aromatic rings. The van der Waals surface area contributed by atoms with E-state index in [2.05, 4.69) is 15.6 Å². The molecule has 0 aliphatic rings. The zero-order valence-electron chi connectivity index (χ0n) is 11.1. The van der Waals surface area contributed by atoms with Crippen LogP contribution in [0.15, 0.2) is 48.7 Å². The van der Waals surface area contributed by atoms with Gasteiger partial charge in [-0.3, -0.25) is 9.59 Å². The summed E-state index contributed by atoms with van der Waals surface area (Å²) in [6.45, 7) is 1.45. The molecule has 1 aromatic heterocycles. The molecule has 102 valence electrons. The van der Waals surface area contributed by atoms with Crippen LogP contribution in [0.5, 0.6) is 0 Å². The van der Waals surface area contributed by atoms with E-state index in [9.17, 15) is 9.59 Å². The first-order valence-corrected chi connectivity index (χ1v) is 6.21. The average molecular weight is 269 g/mol. The van der Waals surface area contributed by atoms with Gasteiger partial charge in [0.1, 0.15) is 5.82 Å². The predicted molar refractivity (Wildman–Crippen MR) is 77.3 cm³/mol. The van der Waals surface area contributed by atoms with Crippen molar-refractivity contribution in [3.05, 3.63) is 54.2 Å². The lowest BCUT2D eigenvalue weighted by molar-refractivity contribution is -0.116. The number of carbonyl (C=O) groups is 2. The first kappa shape index (κ1) is 13.7. The number of carbonyl (C=O) groups excluding carboxylic acids is 2. The van der Waals surface area contributed by atoms with Crippen molar-refractivity contribution in [3.63, 3.8) is 0 Å². The van der Waals surface area contributed by atoms with Gasteiger partial charge in [-0.15, -0.1) is 0 Å². The largest absolute Gasteiger partial charge is 0.326 e. The van der Waals surface area contributed by atoms with Gasteiger partial charge >= 0.3 is 0 Å². The topological polar surface area (TPSA) is 71.1 Å². The second-order valence-corrected chi connectivity index (χ2v) is 4.32. The van der Waals surface area contributed by atoms with E-state index in [1.165, 1.54) is 6.92 Å². The van der Waals surface area contributed by atoms with Crippen LogP contribution in [0.4, 0.5) is 11.5 Å². The number of nitrogens with zero attached hydrogens (tertiary/aromatic N) is 1. The molecule has 0 unspecified atom stereocenters. The molecule has 20 heavy (non-hydrogen) atoms. The lowest BCUT2D eigenvalue weighted by atomic mass is 10.1. The van der Waals surface area contributed by atoms with Crippen molar-refractivity contribution in [1.29, 1.82) is 0 Å². The van der Waals surface area contributed by atoms with Crippen molar-refractivity contribution in [2.75, 3.05) is 10.6 Å². The normalized spacial score (nSPS) is 9.85. The molecule has 0 saturated heterocycles. The minimum absolute atomic E-state index is 0.120. The zero-order chi connectivity index (χ0) is 14.4. The van der Waals surface area contributed by atoms with E-state index < -0.39 is 0 Å². The summed E-state index contributed by atoms with van der Waals surface area (Å²) in [6.07, 6.45) is 1.88. The van der Waals surface area contributed by atoms with Gasteiger partial charge in [-0.05, 0) is 29.8 Å². The van der Waals surface area contributed by atoms with Crippen LogP contribution in [-0.2, 0) is 16.0 Å². The first-order chi connectivity index (χ1) is 9.63. The van der Waals surface area contributed by atoms with E-state index in [0.717, 1.165) is 5.56 Å². The molecule has 2 amide bonds. The summed E-state index contributed by atoms with van der Waals surface area (Å²) < 4.78 is 0. The summed E-state index contributed by atoms with van der Waals surface area (Å²) in [7, 11) is 0. The maximum atomic E-state index is 11.8. The van der Waals surface area contributed by atoms with Crippen molar-refractivity contribution in [3.8, 4) is 0 Å². The molecule has 0 bridgehead atoms. The molecule has 0 atom stereocenters. The molecule has 0 radical (unpaired) electrons. The van der Waals surface area contributed by atoms with Crippen LogP contribution >= 0.6 is 0 Å². The average Bonchev–Trinajstić information content (AvgIpc) is 2.41. The van der Waals surface area contributed by atoms with Gasteiger partial charge in [0.15, 0.2) is 0 Å². The fourth-order valence-corrected chi connectivity index (χ4v) is 1.72. The highest BCUT2D eigenvalue weighted by Gasteiger charge is 2.05. The van der Waals surface area contributed by atoms with Gasteiger partial charge in [0.25, 0.3) is 0 Å². The van der Waals surface area contributed by atoms with E-state index in [1.807, 2.05) is 18.2 Å². The molecule has 0 spiro atoms. The molecule has 0 fully saturated rings. The van der Waals surface area contributed by atoms with Gasteiger partial charge in [-0.25, -0.2) is 4.98 Å². The number of pyridine rings is 1. The van der Waals surface area contributed by atoms with Crippen molar-refractivity contribution < 1.29 is 9.59 Å². The number of anilines is 2. The quantitative estimate of drug-likeness (QED) is 0.894. The summed E-state index contributed by atoms with van der Waals surface area (Å²) in [5.41, 5.74) is 1.58. The van der Waals surface area contributed by atoms with Gasteiger partial charge in [0.05, 0.1) is 6.42 Å². The Morgan fingerprint density at radius 1 is 1.05 bits per heavy atom. The fourth-order valence-electron chi connectivity index (χ4n) is 1.72. The standard InChI is InChI=1S/C15H15N3O2/c1-11(19)17-13-7-5-12(6-8-13)10-15(20)18-14-4-2-3-9-16-14/h2-9H,10H2,1H3,(H,17,19)(H,16,18,20). The minimum Gasteiger partial charge on any atom is -0.326 e. The zero-order valence-corrected chi connectivity index (χ0v) is 11.1. The first-order valence-electron chi connectivity index (χ1n) is 6.21. The molecular weight excluding hydrogens is 254 g/mol. The molecule has 2 rings (SSSR count). The number of nitrogens with one attached hydrogen (secondary N) is 2. The van der Waals surface area contributed by atoms with Crippen molar-refractivity contribution in [1.82, 2.24) is 4.98 Å². The van der Waals surface area contributed by atoms with Gasteiger partial charge in [-0.1, -0.05) is 18.2 Å². The van der Waals surface area contributed by atoms with Crippen LogP contribution < -0.4 is 10.6 Å². The molecule has 0 saturated carbocycles. The van der Waals surface area contributed by atoms with E-state index >= 15 is 0 Å². The monoisotopic (exact) mass is 269 g/mol. The lowest BCUT2D eigenvalue weighted by Crippen LogP contribution is -2.15. The summed E-state index contributed by atoms with van der Waals surface area (Å²) in [5.74, 6) is 0.286. The highest BCUT2D eigenvalue weighted by atomic mass is 16.2. The third-order valence-electron chi connectivity index (χ3n) is 2.57. The SMILES string of the molecule is CC(=O)Nc1ccc(CC(=O)Nc2ccccn2)cc1. The van der Waals surface area contributed by atoms with E-state index in [-0.39, 0.29) is 18.2 Å². The van der Waals surface area contributed by atoms with Gasteiger partial charge < -0.3 is 10.6 Å². The maximum absolute atomic E-state index is 11.8. The van der Waals surface area contributed by atoms with Gasteiger partial charge in [-0.2, -0.15) is 0 Å². The summed E-state index contributed by atoms with van der Waals surface area (Å²) in [6, 6.07) is 12.5. The Morgan fingerprint density at radius 2 is 1.80 bits per heavy atom. The van der Waals surface area contributed by atoms with Gasteiger partial charge in [0.2, 0.25) is 11.8 Å². The number of aromatic nitrogens is 1. The third-order valence-corrected chi connectivity index (χ3v) is 2.57. The Kier molecular flexibility index (Phi) is 4.44. The van der Waals surface area contributed by atoms with Crippen LogP contribution in [0.2, 0.25) is 0 Å². The van der Waals surface area contributed by atoms with Crippen molar-refractivity contribution in [2.45, 2.75) is 13.3 Å². The Balaban J connectivity index is 1.93. The minimum atomic E-state index is -0.129. The summed E-state index contributed by atoms with van der Waals surface area (Å²) >= 11 is 0. The molecule has 2 N–H and O–H groups in total. The molecule has 1 heterocycles. The molecular formula is C15H15N3O2. The molecule has 0 aliphatic heterocycles. The molecule has 5 heteroatoms. The number of hydrogen-bond donors (Lipinski definition) is 2. The van der Waals surface area contributed by atoms with Crippen LogP contribution in [0, 0.1) is 0 Å². The maximum Gasteiger partial charge on any atom is 0.229 e. The van der Waals surface area contributed by atoms with Crippen LogP contribution in [0.3, 0.4) is 0 Å². The summed E-state index contributed by atoms with van der Waals surface area (Å²) in [5, 5.41) is 5.39. The van der Waals surface area contributed by atoms with E-state index in [4.69, 9.17) is 0 Å². The highest BCUT2D eigenvalue weighted by Crippen LogP contribution is 2.10. The Morgan fingerprint density at radius 3 is 2.40 bits per heavy atom. The number of rotatable bonds is 4. The van der Waals surface area contributed by atoms with E-state index in [1.54, 1.807) is 30.5 Å². The Hall–Kier alpha value is -2.69. The van der Waals surface area contributed by atoms with E-state index in [0.29, 0.717) is 11.5 Å². The fraction of sp³-hybridized carbons (Fsp3) is 0.133. The second-order valence-electron chi connectivity index (χ2n) is 4.32. The van der Waals surface area contributed by atoms with Crippen LogP contribution in [-0.4, -0.2) is 16.8 Å². The molecule has 5 nitrogen and oxygen atoms in total. The number of hydrogen-bond acceptors (Lipinski definition) is 3. The van der Waals surface area contributed by atoms with Gasteiger partial charge in [0, 0.05) is 18.8 Å². The highest BCUT2D eigenvalue weighted by molar-refractivity contribution is 5.91. The molecule has 1 aromatic carbocycles. The Labute approximate surface area is 117 Å². The predicted octanol–water partition coefficient (Wildman–Crippen LogP) is 2.22. The number of amides is 2. The van der Waals surface area contributed by atoms with Crippen molar-refractivity contribution in [2.24, 2.45) is 0 Å². The lowest BCUT2D eigenvalue weighted by Gasteiger charge is -2.06. The van der Waals surface area contributed by atoms with Crippen LogP contribution in [0.1, 0.15) is 12.5 Å². The Bertz CT molecular complexity index is 594. The third kappa shape index (κ3) is 4.20. The van der Waals surface area contributed by atoms with Crippen LogP contribution in [0.25, 0.3) is 0 Å². The molecule has 0 aliphatic carbocycles. The smallest absolute Gasteiger partial charge is 0.229 e. The van der Waals surface area contributed by atoms with Crippen molar-refractivity contribution >= 4 is 23.3 Å². The number of benzene rings is 1.